The summed E-state index contributed by atoms with van der Waals surface area (Å²) in [7, 11) is 0. The molecule has 5 nitrogen and oxygen atoms in total. The fourth-order valence-electron chi connectivity index (χ4n) is 8.02. The Hall–Kier alpha value is -3.86. The minimum atomic E-state index is -1.10. The van der Waals surface area contributed by atoms with E-state index in [0.29, 0.717) is 5.69 Å². The van der Waals surface area contributed by atoms with Crippen LogP contribution in [-0.4, -0.2) is 20.1 Å². The summed E-state index contributed by atoms with van der Waals surface area (Å²) in [4.78, 5) is 18.4. The van der Waals surface area contributed by atoms with Gasteiger partial charge in [0.2, 0.25) is 0 Å². The van der Waals surface area contributed by atoms with Crippen molar-refractivity contribution in [1.82, 2.24) is 14.1 Å². The summed E-state index contributed by atoms with van der Waals surface area (Å²) in [5.74, 6) is -0.352. The van der Waals surface area contributed by atoms with Gasteiger partial charge in [-0.1, -0.05) is 121 Å². The Morgan fingerprint density at radius 2 is 1.11 bits per heavy atom. The number of rotatable bonds is 16. The predicted molar refractivity (Wildman–Crippen MR) is 190 cm³/mol. The van der Waals surface area contributed by atoms with Crippen molar-refractivity contribution < 1.29 is 9.53 Å². The Morgan fingerprint density at radius 1 is 0.630 bits per heavy atom. The number of aromatic nitrogens is 3. The largest absolute Gasteiger partial charge is 0.439 e. The summed E-state index contributed by atoms with van der Waals surface area (Å²) in [6, 6.07) is 21.4. The van der Waals surface area contributed by atoms with Crippen LogP contribution >= 0.6 is 0 Å². The van der Waals surface area contributed by atoms with Crippen LogP contribution in [0.2, 0.25) is 0 Å². The van der Waals surface area contributed by atoms with Crippen molar-refractivity contribution in [3.8, 4) is 0 Å². The van der Waals surface area contributed by atoms with Crippen molar-refractivity contribution in [2.75, 3.05) is 0 Å². The van der Waals surface area contributed by atoms with Gasteiger partial charge >= 0.3 is 5.97 Å². The van der Waals surface area contributed by atoms with Crippen LogP contribution < -0.4 is 0 Å². The van der Waals surface area contributed by atoms with Gasteiger partial charge in [-0.15, -0.1) is 0 Å². The molecule has 0 fully saturated rings. The first-order chi connectivity index (χ1) is 22.5. The molecule has 0 radical (unpaired) electrons. The van der Waals surface area contributed by atoms with Crippen LogP contribution in [0.25, 0.3) is 21.8 Å². The number of hydrogen-bond acceptors (Lipinski definition) is 3. The number of ether oxygens (including phenoxy) is 1. The van der Waals surface area contributed by atoms with Crippen LogP contribution in [0.4, 0.5) is 0 Å². The lowest BCUT2D eigenvalue weighted by molar-refractivity contribution is 0.0253. The van der Waals surface area contributed by atoms with Crippen LogP contribution in [0.15, 0.2) is 66.9 Å². The average Bonchev–Trinajstić information content (AvgIpc) is 3.64. The molecule has 0 aliphatic carbocycles. The van der Waals surface area contributed by atoms with Gasteiger partial charge in [-0.25, -0.2) is 9.78 Å². The van der Waals surface area contributed by atoms with E-state index in [1.807, 2.05) is 6.07 Å². The van der Waals surface area contributed by atoms with E-state index in [9.17, 15) is 4.79 Å². The lowest BCUT2D eigenvalue weighted by Gasteiger charge is -2.31. The zero-order valence-corrected chi connectivity index (χ0v) is 28.4. The third-order valence-corrected chi connectivity index (χ3v) is 10.3. The average molecular weight is 618 g/mol. The molecule has 0 saturated carbocycles. The third kappa shape index (κ3) is 5.67. The molecule has 242 valence electrons. The summed E-state index contributed by atoms with van der Waals surface area (Å²) in [5.41, 5.74) is 7.01. The van der Waals surface area contributed by atoms with E-state index in [0.717, 1.165) is 64.8 Å². The molecule has 0 amide bonds. The van der Waals surface area contributed by atoms with Gasteiger partial charge in [0.1, 0.15) is 0 Å². The molecule has 5 heteroatoms. The molecule has 0 N–H and O–H groups in total. The van der Waals surface area contributed by atoms with Crippen molar-refractivity contribution >= 4 is 27.8 Å². The van der Waals surface area contributed by atoms with E-state index in [1.165, 1.54) is 75.2 Å². The minimum absolute atomic E-state index is 0.352. The van der Waals surface area contributed by atoms with Crippen LogP contribution in [0, 0.1) is 13.8 Å². The quantitative estimate of drug-likeness (QED) is 0.0817. The standard InChI is InChI=1S/C41H51N3O2/c1-5-7-9-11-13-19-28-43-30(3)37(32-22-15-17-25-35(32)43)41(34-24-21-27-42-39(34)40(45)46-41)38-31(4)44(29-20-14-12-10-8-6-2)36-26-18-16-23-33(36)38/h15-18,21-27H,5-14,19-20,28-29H2,1-4H3. The number of benzene rings is 2. The van der Waals surface area contributed by atoms with E-state index in [1.54, 1.807) is 6.20 Å². The van der Waals surface area contributed by atoms with E-state index < -0.39 is 5.60 Å². The van der Waals surface area contributed by atoms with Crippen molar-refractivity contribution in [1.29, 1.82) is 0 Å². The Kier molecular flexibility index (Phi) is 9.96. The molecule has 0 unspecified atom stereocenters. The fraction of sp³-hybridized carbons (Fsp3) is 0.463. The van der Waals surface area contributed by atoms with Crippen molar-refractivity contribution in [3.63, 3.8) is 0 Å². The number of unbranched alkanes of at least 4 members (excludes halogenated alkanes) is 10. The zero-order valence-electron chi connectivity index (χ0n) is 28.4. The number of fused-ring (bicyclic) bond motifs is 3. The molecule has 0 saturated heterocycles. The van der Waals surface area contributed by atoms with Crippen LogP contribution in [0.5, 0.6) is 0 Å². The van der Waals surface area contributed by atoms with E-state index >= 15 is 0 Å². The second kappa shape index (κ2) is 14.3. The van der Waals surface area contributed by atoms with Crippen LogP contribution in [0.1, 0.15) is 129 Å². The van der Waals surface area contributed by atoms with Gasteiger partial charge in [0.25, 0.3) is 0 Å². The third-order valence-electron chi connectivity index (χ3n) is 10.3. The van der Waals surface area contributed by atoms with E-state index in [-0.39, 0.29) is 5.97 Å². The first-order valence-corrected chi connectivity index (χ1v) is 17.9. The van der Waals surface area contributed by atoms with Gasteiger partial charge in [-0.3, -0.25) is 0 Å². The maximum atomic E-state index is 13.8. The highest BCUT2D eigenvalue weighted by Crippen LogP contribution is 2.53. The fourth-order valence-corrected chi connectivity index (χ4v) is 8.02. The molecule has 5 aromatic rings. The van der Waals surface area contributed by atoms with E-state index in [4.69, 9.17) is 4.74 Å². The molecule has 2 aromatic carbocycles. The van der Waals surface area contributed by atoms with E-state index in [2.05, 4.69) is 96.4 Å². The number of pyridine rings is 1. The normalized spacial score (nSPS) is 14.0. The number of esters is 1. The second-order valence-corrected chi connectivity index (χ2v) is 13.3. The van der Waals surface area contributed by atoms with Gasteiger partial charge in [0.15, 0.2) is 11.3 Å². The monoisotopic (exact) mass is 617 g/mol. The maximum Gasteiger partial charge on any atom is 0.358 e. The summed E-state index contributed by atoms with van der Waals surface area (Å²) < 4.78 is 11.8. The van der Waals surface area contributed by atoms with Crippen LogP contribution in [-0.2, 0) is 23.4 Å². The number of hydrogen-bond donors (Lipinski definition) is 0. The molecule has 1 aliphatic heterocycles. The molecule has 6 rings (SSSR count). The number of carbonyl (C=O) groups excluding carboxylic acids is 1. The molecule has 1 aliphatic rings. The Bertz CT molecular complexity index is 1710. The van der Waals surface area contributed by atoms with Crippen molar-refractivity contribution in [2.24, 2.45) is 0 Å². The highest BCUT2D eigenvalue weighted by molar-refractivity contribution is 6.00. The number of aryl methyl sites for hydroxylation is 2. The van der Waals surface area contributed by atoms with Gasteiger partial charge in [0, 0.05) is 69.2 Å². The number of para-hydroxylation sites is 2. The minimum Gasteiger partial charge on any atom is -0.439 e. The maximum absolute atomic E-state index is 13.8. The first-order valence-electron chi connectivity index (χ1n) is 17.9. The van der Waals surface area contributed by atoms with Gasteiger partial charge < -0.3 is 13.9 Å². The molecule has 0 bridgehead atoms. The molecular formula is C41H51N3O2. The Balaban J connectivity index is 1.52. The Labute approximate surface area is 275 Å². The zero-order chi connectivity index (χ0) is 32.1. The van der Waals surface area contributed by atoms with Gasteiger partial charge in [0.05, 0.1) is 0 Å². The number of cyclic esters (lactones) is 1. The van der Waals surface area contributed by atoms with Gasteiger partial charge in [-0.05, 0) is 44.9 Å². The predicted octanol–water partition coefficient (Wildman–Crippen LogP) is 10.8. The number of nitrogens with zero attached hydrogens (tertiary/aromatic N) is 3. The Morgan fingerprint density at radius 3 is 1.63 bits per heavy atom. The lowest BCUT2D eigenvalue weighted by atomic mass is 9.78. The SMILES string of the molecule is CCCCCCCCn1c(C)c(C2(c3c(C)n(CCCCCCCC)c4ccccc34)OC(=O)c3ncccc32)c2ccccc21. The molecular weight excluding hydrogens is 566 g/mol. The second-order valence-electron chi connectivity index (χ2n) is 13.3. The molecule has 46 heavy (non-hydrogen) atoms. The summed E-state index contributed by atoms with van der Waals surface area (Å²) in [6.07, 6.45) is 16.7. The molecule has 4 heterocycles. The molecule has 0 spiro atoms. The summed E-state index contributed by atoms with van der Waals surface area (Å²) in [5, 5.41) is 2.28. The van der Waals surface area contributed by atoms with Crippen molar-refractivity contribution in [2.45, 2.75) is 123 Å². The van der Waals surface area contributed by atoms with Crippen LogP contribution in [0.3, 0.4) is 0 Å². The smallest absolute Gasteiger partial charge is 0.358 e. The topological polar surface area (TPSA) is 49.0 Å². The molecule has 3 aromatic heterocycles. The summed E-state index contributed by atoms with van der Waals surface area (Å²) in [6.45, 7) is 10.9. The highest BCUT2D eigenvalue weighted by atomic mass is 16.6. The lowest BCUT2D eigenvalue weighted by Crippen LogP contribution is -2.31. The number of carbonyl (C=O) groups is 1. The highest BCUT2D eigenvalue weighted by Gasteiger charge is 2.54. The van der Waals surface area contributed by atoms with Crippen molar-refractivity contribution in [3.05, 3.63) is 101 Å². The first kappa shape index (κ1) is 32.1. The molecule has 0 atom stereocenters. The summed E-state index contributed by atoms with van der Waals surface area (Å²) >= 11 is 0. The van der Waals surface area contributed by atoms with Gasteiger partial charge in [-0.2, -0.15) is 0 Å².